The number of hydrogen-bond donors (Lipinski definition) is 1. The first-order valence-electron chi connectivity index (χ1n) is 6.52. The van der Waals surface area contributed by atoms with Crippen LogP contribution in [0.25, 0.3) is 0 Å². The second-order valence-corrected chi connectivity index (χ2v) is 5.31. The van der Waals surface area contributed by atoms with E-state index in [0.717, 1.165) is 24.2 Å². The Morgan fingerprint density at radius 1 is 1.39 bits per heavy atom. The van der Waals surface area contributed by atoms with Crippen LogP contribution in [-0.2, 0) is 0 Å². The zero-order valence-electron chi connectivity index (χ0n) is 11.1. The lowest BCUT2D eigenvalue weighted by Gasteiger charge is -2.32. The van der Waals surface area contributed by atoms with E-state index in [-0.39, 0.29) is 6.61 Å². The summed E-state index contributed by atoms with van der Waals surface area (Å²) in [7, 11) is 1.67. The minimum absolute atomic E-state index is 0.346. The molecule has 1 aliphatic rings. The number of rotatable bonds is 3. The molecule has 0 heterocycles. The zero-order valence-corrected chi connectivity index (χ0v) is 11.1. The Morgan fingerprint density at radius 2 is 2.06 bits per heavy atom. The van der Waals surface area contributed by atoms with Crippen LogP contribution in [0, 0.1) is 6.92 Å². The summed E-state index contributed by atoms with van der Waals surface area (Å²) >= 11 is 0. The lowest BCUT2D eigenvalue weighted by atomic mass is 9.77. The Kier molecular flexibility index (Phi) is 3.91. The zero-order chi connectivity index (χ0) is 13.2. The molecule has 1 aromatic carbocycles. The number of hydrogen-bond acceptors (Lipinski definition) is 2. The van der Waals surface area contributed by atoms with Crippen LogP contribution in [0.1, 0.15) is 42.7 Å². The minimum atomic E-state index is -1.35. The van der Waals surface area contributed by atoms with Crippen LogP contribution < -0.4 is 4.74 Å². The highest BCUT2D eigenvalue weighted by molar-refractivity contribution is 5.37. The van der Waals surface area contributed by atoms with E-state index in [1.54, 1.807) is 7.11 Å². The van der Waals surface area contributed by atoms with Crippen molar-refractivity contribution in [3.8, 4) is 5.75 Å². The lowest BCUT2D eigenvalue weighted by Crippen LogP contribution is -2.32. The van der Waals surface area contributed by atoms with E-state index >= 15 is 0 Å². The number of aryl methyl sites for hydroxylation is 1. The fourth-order valence-corrected chi connectivity index (χ4v) is 2.78. The average Bonchev–Trinajstić information content (AvgIpc) is 2.39. The van der Waals surface area contributed by atoms with Crippen LogP contribution in [0.15, 0.2) is 18.2 Å². The van der Waals surface area contributed by atoms with E-state index in [2.05, 4.69) is 12.1 Å². The topological polar surface area (TPSA) is 29.5 Å². The highest BCUT2D eigenvalue weighted by Gasteiger charge is 2.35. The fourth-order valence-electron chi connectivity index (χ4n) is 2.78. The van der Waals surface area contributed by atoms with Crippen LogP contribution in [0.4, 0.5) is 4.39 Å². The number of benzene rings is 1. The summed E-state index contributed by atoms with van der Waals surface area (Å²) in [6.45, 7) is 1.68. The van der Waals surface area contributed by atoms with Crippen molar-refractivity contribution in [2.45, 2.75) is 44.2 Å². The summed E-state index contributed by atoms with van der Waals surface area (Å²) in [5, 5.41) is 9.03. The number of aliphatic hydroxyl groups is 1. The molecule has 0 unspecified atom stereocenters. The van der Waals surface area contributed by atoms with Gasteiger partial charge in [-0.15, -0.1) is 0 Å². The van der Waals surface area contributed by atoms with Gasteiger partial charge in [-0.25, -0.2) is 4.39 Å². The molecule has 100 valence electrons. The van der Waals surface area contributed by atoms with Gasteiger partial charge in [0.2, 0.25) is 0 Å². The van der Waals surface area contributed by atoms with E-state index in [9.17, 15) is 4.39 Å². The number of ether oxygens (including phenoxy) is 1. The Bertz CT molecular complexity index is 409. The molecule has 0 saturated heterocycles. The normalized spacial score (nSPS) is 28.1. The van der Waals surface area contributed by atoms with Crippen molar-refractivity contribution in [3.05, 3.63) is 29.3 Å². The third-order valence-electron chi connectivity index (χ3n) is 4.06. The molecule has 1 N–H and O–H groups in total. The van der Waals surface area contributed by atoms with Crippen molar-refractivity contribution in [1.82, 2.24) is 0 Å². The summed E-state index contributed by atoms with van der Waals surface area (Å²) in [4.78, 5) is 0. The molecule has 0 spiro atoms. The number of alkyl halides is 1. The van der Waals surface area contributed by atoms with Gasteiger partial charge in [0.05, 0.1) is 13.7 Å². The van der Waals surface area contributed by atoms with Gasteiger partial charge in [0.25, 0.3) is 0 Å². The first-order chi connectivity index (χ1) is 8.58. The molecule has 0 aromatic heterocycles. The summed E-state index contributed by atoms with van der Waals surface area (Å²) < 4.78 is 19.2. The third-order valence-corrected chi connectivity index (χ3v) is 4.06. The van der Waals surface area contributed by atoms with E-state index < -0.39 is 5.67 Å². The first kappa shape index (κ1) is 13.3. The molecule has 0 bridgehead atoms. The quantitative estimate of drug-likeness (QED) is 0.893. The lowest BCUT2D eigenvalue weighted by molar-refractivity contribution is 0.0314. The van der Waals surface area contributed by atoms with Crippen LogP contribution in [-0.4, -0.2) is 24.5 Å². The first-order valence-corrected chi connectivity index (χ1v) is 6.52. The van der Waals surface area contributed by atoms with Gasteiger partial charge in [0.1, 0.15) is 11.4 Å². The largest absolute Gasteiger partial charge is 0.496 e. The van der Waals surface area contributed by atoms with Gasteiger partial charge in [-0.1, -0.05) is 12.1 Å². The standard InChI is InChI=1S/C15H21FO2/c1-11-9-13(3-4-14(11)18-2)12-5-7-15(16,10-17)8-6-12/h3-4,9,12,17H,5-8,10H2,1-2H3. The Morgan fingerprint density at radius 3 is 2.56 bits per heavy atom. The van der Waals surface area contributed by atoms with Crippen LogP contribution >= 0.6 is 0 Å². The SMILES string of the molecule is COc1ccc(C2CCC(F)(CO)CC2)cc1C. The van der Waals surface area contributed by atoms with E-state index in [0.29, 0.717) is 18.8 Å². The summed E-state index contributed by atoms with van der Waals surface area (Å²) in [5.41, 5.74) is 1.03. The third kappa shape index (κ3) is 2.66. The molecule has 1 aliphatic carbocycles. The van der Waals surface area contributed by atoms with E-state index in [1.807, 2.05) is 13.0 Å². The molecule has 3 heteroatoms. The van der Waals surface area contributed by atoms with Gasteiger partial charge in [0, 0.05) is 0 Å². The van der Waals surface area contributed by atoms with Crippen molar-refractivity contribution in [1.29, 1.82) is 0 Å². The second-order valence-electron chi connectivity index (χ2n) is 5.31. The molecular formula is C15H21FO2. The van der Waals surface area contributed by atoms with Gasteiger partial charge >= 0.3 is 0 Å². The number of methoxy groups -OCH3 is 1. The maximum absolute atomic E-state index is 13.9. The molecule has 1 fully saturated rings. The predicted molar refractivity (Wildman–Crippen MR) is 69.9 cm³/mol. The van der Waals surface area contributed by atoms with Crippen LogP contribution in [0.3, 0.4) is 0 Å². The van der Waals surface area contributed by atoms with Gasteiger partial charge in [0.15, 0.2) is 0 Å². The summed E-state index contributed by atoms with van der Waals surface area (Å²) in [6, 6.07) is 6.18. The van der Waals surface area contributed by atoms with Gasteiger partial charge in [-0.3, -0.25) is 0 Å². The highest BCUT2D eigenvalue weighted by Crippen LogP contribution is 2.40. The fraction of sp³-hybridized carbons (Fsp3) is 0.600. The molecule has 0 radical (unpaired) electrons. The number of halogens is 1. The van der Waals surface area contributed by atoms with Gasteiger partial charge in [-0.05, 0) is 55.7 Å². The van der Waals surface area contributed by atoms with Crippen molar-refractivity contribution in [2.75, 3.05) is 13.7 Å². The summed E-state index contributed by atoms with van der Waals surface area (Å²) in [5.74, 6) is 1.30. The van der Waals surface area contributed by atoms with Crippen molar-refractivity contribution in [2.24, 2.45) is 0 Å². The van der Waals surface area contributed by atoms with Crippen molar-refractivity contribution in [3.63, 3.8) is 0 Å². The molecule has 18 heavy (non-hydrogen) atoms. The maximum Gasteiger partial charge on any atom is 0.134 e. The molecule has 0 atom stereocenters. The molecular weight excluding hydrogens is 231 g/mol. The minimum Gasteiger partial charge on any atom is -0.496 e. The monoisotopic (exact) mass is 252 g/mol. The van der Waals surface area contributed by atoms with Crippen LogP contribution in [0.5, 0.6) is 5.75 Å². The predicted octanol–water partition coefficient (Wildman–Crippen LogP) is 3.36. The second kappa shape index (κ2) is 5.27. The highest BCUT2D eigenvalue weighted by atomic mass is 19.1. The molecule has 1 aromatic rings. The molecule has 1 saturated carbocycles. The van der Waals surface area contributed by atoms with E-state index in [4.69, 9.17) is 9.84 Å². The molecule has 2 rings (SSSR count). The van der Waals surface area contributed by atoms with Crippen LogP contribution in [0.2, 0.25) is 0 Å². The smallest absolute Gasteiger partial charge is 0.134 e. The van der Waals surface area contributed by atoms with Crippen molar-refractivity contribution >= 4 is 0 Å². The van der Waals surface area contributed by atoms with E-state index in [1.165, 1.54) is 5.56 Å². The Balaban J connectivity index is 2.08. The van der Waals surface area contributed by atoms with Crippen molar-refractivity contribution < 1.29 is 14.2 Å². The molecule has 2 nitrogen and oxygen atoms in total. The Hall–Kier alpha value is -1.09. The average molecular weight is 252 g/mol. The molecule has 0 aliphatic heterocycles. The molecule has 0 amide bonds. The number of aliphatic hydroxyl groups excluding tert-OH is 1. The summed E-state index contributed by atoms with van der Waals surface area (Å²) in [6.07, 6.45) is 2.53. The van der Waals surface area contributed by atoms with Gasteiger partial charge in [-0.2, -0.15) is 0 Å². The Labute approximate surface area is 108 Å². The maximum atomic E-state index is 13.9. The van der Waals surface area contributed by atoms with Gasteiger partial charge < -0.3 is 9.84 Å².